The predicted molar refractivity (Wildman–Crippen MR) is 66.2 cm³/mol. The quantitative estimate of drug-likeness (QED) is 0.928. The molecule has 19 heavy (non-hydrogen) atoms. The number of carboxylic acid groups (broad SMARTS) is 1. The van der Waals surface area contributed by atoms with E-state index in [0.717, 1.165) is 6.26 Å². The van der Waals surface area contributed by atoms with E-state index in [1.165, 1.54) is 12.1 Å². The van der Waals surface area contributed by atoms with Crippen molar-refractivity contribution in [1.29, 1.82) is 5.26 Å². The zero-order chi connectivity index (χ0) is 13.8. The highest BCUT2D eigenvalue weighted by Gasteiger charge is 2.10. The summed E-state index contributed by atoms with van der Waals surface area (Å²) >= 11 is 5.81. The van der Waals surface area contributed by atoms with Crippen LogP contribution in [-0.2, 0) is 6.61 Å². The first kappa shape index (κ1) is 13.0. The number of nitrogens with zero attached hydrogens (tertiary/aromatic N) is 1. The average Bonchev–Trinajstić information content (AvgIpc) is 2.85. The Morgan fingerprint density at radius 1 is 1.47 bits per heavy atom. The minimum atomic E-state index is -1.07. The standard InChI is InChI=1S/C13H8ClNO4/c14-10-2-1-8(5-15)12(4-10)19-7-11-3-9(6-18-11)13(16)17/h1-4,6H,7H2,(H,16,17). The molecule has 2 aromatic rings. The molecule has 0 amide bonds. The molecule has 5 nitrogen and oxygen atoms in total. The Hall–Kier alpha value is -2.45. The number of benzene rings is 1. The van der Waals surface area contributed by atoms with Gasteiger partial charge < -0.3 is 14.3 Å². The molecule has 1 aromatic heterocycles. The zero-order valence-electron chi connectivity index (χ0n) is 9.59. The fourth-order valence-corrected chi connectivity index (χ4v) is 1.59. The number of aromatic carboxylic acids is 1. The van der Waals surface area contributed by atoms with Crippen LogP contribution in [0.25, 0.3) is 0 Å². The third-order valence-corrected chi connectivity index (χ3v) is 2.57. The van der Waals surface area contributed by atoms with Crippen LogP contribution >= 0.6 is 11.6 Å². The van der Waals surface area contributed by atoms with E-state index in [4.69, 9.17) is 31.1 Å². The highest BCUT2D eigenvalue weighted by Crippen LogP contribution is 2.24. The molecule has 1 aromatic carbocycles. The molecule has 0 atom stereocenters. The number of rotatable bonds is 4. The van der Waals surface area contributed by atoms with Gasteiger partial charge in [0.05, 0.1) is 11.1 Å². The van der Waals surface area contributed by atoms with Crippen LogP contribution in [-0.4, -0.2) is 11.1 Å². The zero-order valence-corrected chi connectivity index (χ0v) is 10.3. The lowest BCUT2D eigenvalue weighted by Crippen LogP contribution is -1.97. The molecule has 0 spiro atoms. The van der Waals surface area contributed by atoms with Crippen molar-refractivity contribution < 1.29 is 19.1 Å². The number of nitriles is 1. The summed E-state index contributed by atoms with van der Waals surface area (Å²) in [6, 6.07) is 7.98. The van der Waals surface area contributed by atoms with E-state index in [-0.39, 0.29) is 12.2 Å². The summed E-state index contributed by atoms with van der Waals surface area (Å²) in [5, 5.41) is 18.1. The maximum absolute atomic E-state index is 10.7. The van der Waals surface area contributed by atoms with Crippen LogP contribution in [0.5, 0.6) is 5.75 Å². The number of hydrogen-bond donors (Lipinski definition) is 1. The molecule has 0 aliphatic heterocycles. The summed E-state index contributed by atoms with van der Waals surface area (Å²) < 4.78 is 10.4. The number of halogens is 1. The maximum atomic E-state index is 10.7. The van der Waals surface area contributed by atoms with Crippen LogP contribution in [0.15, 0.2) is 34.9 Å². The summed E-state index contributed by atoms with van der Waals surface area (Å²) in [5.41, 5.74) is 0.389. The van der Waals surface area contributed by atoms with Gasteiger partial charge in [0.15, 0.2) is 0 Å². The van der Waals surface area contributed by atoms with Crippen LogP contribution in [0, 0.1) is 11.3 Å². The van der Waals surface area contributed by atoms with Gasteiger partial charge >= 0.3 is 5.97 Å². The van der Waals surface area contributed by atoms with E-state index < -0.39 is 5.97 Å². The fraction of sp³-hybridized carbons (Fsp3) is 0.0769. The molecule has 0 saturated carbocycles. The number of carbonyl (C=O) groups is 1. The minimum Gasteiger partial charge on any atom is -0.484 e. The summed E-state index contributed by atoms with van der Waals surface area (Å²) in [4.78, 5) is 10.7. The van der Waals surface area contributed by atoms with Crippen LogP contribution in [0.3, 0.4) is 0 Å². The van der Waals surface area contributed by atoms with Crippen molar-refractivity contribution >= 4 is 17.6 Å². The number of carboxylic acids is 1. The van der Waals surface area contributed by atoms with Crippen molar-refractivity contribution in [3.8, 4) is 11.8 Å². The van der Waals surface area contributed by atoms with Crippen molar-refractivity contribution in [2.45, 2.75) is 6.61 Å². The molecular formula is C13H8ClNO4. The summed E-state index contributed by atoms with van der Waals surface area (Å²) in [5.74, 6) is -0.403. The SMILES string of the molecule is N#Cc1ccc(Cl)cc1OCc1cc(C(=O)O)co1. The van der Waals surface area contributed by atoms with Gasteiger partial charge in [-0.15, -0.1) is 0 Å². The van der Waals surface area contributed by atoms with Gasteiger partial charge in [-0.1, -0.05) is 11.6 Å². The van der Waals surface area contributed by atoms with E-state index in [1.807, 2.05) is 6.07 Å². The van der Waals surface area contributed by atoms with Crippen molar-refractivity contribution in [3.63, 3.8) is 0 Å². The fourth-order valence-electron chi connectivity index (χ4n) is 1.43. The Balaban J connectivity index is 2.12. The second kappa shape index (κ2) is 5.46. The lowest BCUT2D eigenvalue weighted by Gasteiger charge is -2.06. The largest absolute Gasteiger partial charge is 0.484 e. The summed E-state index contributed by atoms with van der Waals surface area (Å²) in [6.07, 6.45) is 1.13. The van der Waals surface area contributed by atoms with Crippen molar-refractivity contribution in [1.82, 2.24) is 0 Å². The van der Waals surface area contributed by atoms with Gasteiger partial charge in [-0.2, -0.15) is 5.26 Å². The molecule has 0 bridgehead atoms. The van der Waals surface area contributed by atoms with Gasteiger partial charge in [-0.05, 0) is 18.2 Å². The van der Waals surface area contributed by atoms with Gasteiger partial charge in [-0.3, -0.25) is 0 Å². The summed E-state index contributed by atoms with van der Waals surface area (Å²) in [7, 11) is 0. The molecule has 0 radical (unpaired) electrons. The van der Waals surface area contributed by atoms with Crippen molar-refractivity contribution in [2.75, 3.05) is 0 Å². The lowest BCUT2D eigenvalue weighted by atomic mass is 10.2. The highest BCUT2D eigenvalue weighted by molar-refractivity contribution is 6.30. The molecule has 0 saturated heterocycles. The Kier molecular flexibility index (Phi) is 3.74. The maximum Gasteiger partial charge on any atom is 0.338 e. The Morgan fingerprint density at radius 2 is 2.26 bits per heavy atom. The van der Waals surface area contributed by atoms with Gasteiger partial charge in [0, 0.05) is 11.1 Å². The number of ether oxygens (including phenoxy) is 1. The molecule has 1 heterocycles. The van der Waals surface area contributed by atoms with E-state index in [9.17, 15) is 4.79 Å². The molecular weight excluding hydrogens is 270 g/mol. The van der Waals surface area contributed by atoms with Crippen LogP contribution in [0.1, 0.15) is 21.7 Å². The number of furan rings is 1. The molecule has 6 heteroatoms. The van der Waals surface area contributed by atoms with Crippen LogP contribution in [0.4, 0.5) is 0 Å². The molecule has 0 aliphatic carbocycles. The van der Waals surface area contributed by atoms with Gasteiger partial charge in [0.1, 0.15) is 30.4 Å². The minimum absolute atomic E-state index is 0.0162. The summed E-state index contributed by atoms with van der Waals surface area (Å²) in [6.45, 7) is 0.0162. The Labute approximate surface area is 113 Å². The second-order valence-corrected chi connectivity index (χ2v) is 4.08. The molecule has 96 valence electrons. The first-order chi connectivity index (χ1) is 9.10. The van der Waals surface area contributed by atoms with Crippen molar-refractivity contribution in [3.05, 3.63) is 52.4 Å². The Bertz CT molecular complexity index is 657. The third kappa shape index (κ3) is 3.06. The van der Waals surface area contributed by atoms with E-state index in [0.29, 0.717) is 22.1 Å². The van der Waals surface area contributed by atoms with Gasteiger partial charge in [0.25, 0.3) is 0 Å². The molecule has 0 aliphatic rings. The first-order valence-corrected chi connectivity index (χ1v) is 5.61. The van der Waals surface area contributed by atoms with Crippen molar-refractivity contribution in [2.24, 2.45) is 0 Å². The second-order valence-electron chi connectivity index (χ2n) is 3.65. The van der Waals surface area contributed by atoms with Gasteiger partial charge in [-0.25, -0.2) is 4.79 Å². The first-order valence-electron chi connectivity index (χ1n) is 5.23. The lowest BCUT2D eigenvalue weighted by molar-refractivity contribution is 0.0696. The highest BCUT2D eigenvalue weighted by atomic mass is 35.5. The predicted octanol–water partition coefficient (Wildman–Crippen LogP) is 3.08. The molecule has 2 rings (SSSR count). The smallest absolute Gasteiger partial charge is 0.338 e. The van der Waals surface area contributed by atoms with Gasteiger partial charge in [0.2, 0.25) is 0 Å². The molecule has 0 fully saturated rings. The normalized spacial score (nSPS) is 9.89. The molecule has 1 N–H and O–H groups in total. The number of hydrogen-bond acceptors (Lipinski definition) is 4. The molecule has 0 unspecified atom stereocenters. The van der Waals surface area contributed by atoms with E-state index in [1.54, 1.807) is 12.1 Å². The van der Waals surface area contributed by atoms with Crippen LogP contribution < -0.4 is 4.74 Å². The third-order valence-electron chi connectivity index (χ3n) is 2.33. The average molecular weight is 278 g/mol. The van der Waals surface area contributed by atoms with Crippen LogP contribution in [0.2, 0.25) is 5.02 Å². The van der Waals surface area contributed by atoms with E-state index >= 15 is 0 Å². The van der Waals surface area contributed by atoms with E-state index in [2.05, 4.69) is 0 Å². The Morgan fingerprint density at radius 3 is 2.89 bits per heavy atom. The topological polar surface area (TPSA) is 83.5 Å². The monoisotopic (exact) mass is 277 g/mol.